The summed E-state index contributed by atoms with van der Waals surface area (Å²) in [4.78, 5) is 5.22. The molecule has 1 saturated carbocycles. The van der Waals surface area contributed by atoms with Gasteiger partial charge in [-0.05, 0) is 45.8 Å². The number of aliphatic hydroxyl groups is 1. The van der Waals surface area contributed by atoms with E-state index >= 15 is 0 Å². The number of aliphatic hydroxyl groups excluding tert-OH is 1. The molecule has 158 valence electrons. The molecular formula is C23H39N2O3+. The highest BCUT2D eigenvalue weighted by Crippen LogP contribution is 2.26. The van der Waals surface area contributed by atoms with Gasteiger partial charge in [0.25, 0.3) is 5.69 Å². The predicted molar refractivity (Wildman–Crippen MR) is 114 cm³/mol. The Balaban J connectivity index is 1.99. The molecule has 5 nitrogen and oxygen atoms in total. The molecule has 2 rings (SSSR count). The number of hydrogen-bond donors (Lipinski definition) is 2. The van der Waals surface area contributed by atoms with Crippen molar-refractivity contribution in [1.82, 2.24) is 4.90 Å². The Bertz CT molecular complexity index is 589. The molecule has 0 saturated heterocycles. The van der Waals surface area contributed by atoms with Crippen molar-refractivity contribution in [2.45, 2.75) is 70.8 Å². The van der Waals surface area contributed by atoms with Gasteiger partial charge in [-0.1, -0.05) is 51.2 Å². The highest BCUT2D eigenvalue weighted by Gasteiger charge is 2.28. The lowest BCUT2D eigenvalue weighted by Gasteiger charge is -2.26. The van der Waals surface area contributed by atoms with E-state index in [9.17, 15) is 5.11 Å². The molecule has 5 heteroatoms. The van der Waals surface area contributed by atoms with Crippen LogP contribution in [0.3, 0.4) is 0 Å². The second-order valence-electron chi connectivity index (χ2n) is 8.15. The largest absolute Gasteiger partial charge is 0.551 e. The van der Waals surface area contributed by atoms with Crippen molar-refractivity contribution in [2.75, 3.05) is 27.2 Å². The molecule has 0 bridgehead atoms. The molecule has 0 unspecified atom stereocenters. The van der Waals surface area contributed by atoms with Gasteiger partial charge in [0, 0.05) is 18.5 Å². The summed E-state index contributed by atoms with van der Waals surface area (Å²) >= 11 is 0. The van der Waals surface area contributed by atoms with Gasteiger partial charge in [-0.2, -0.15) is 0 Å². The topological polar surface area (TPSA) is 55.9 Å². The molecule has 2 atom stereocenters. The van der Waals surface area contributed by atoms with Crippen LogP contribution in [0.1, 0.15) is 64.7 Å². The Labute approximate surface area is 170 Å². The summed E-state index contributed by atoms with van der Waals surface area (Å²) in [6, 6.07) is 7.71. The fraction of sp³-hybridized carbons (Fsp3) is 0.696. The molecule has 0 spiro atoms. The van der Waals surface area contributed by atoms with Crippen molar-refractivity contribution >= 4 is 11.8 Å². The number of nitrogens with one attached hydrogen (secondary N) is 1. The zero-order valence-electron chi connectivity index (χ0n) is 18.0. The number of ether oxygens (including phenoxy) is 2. The Morgan fingerprint density at radius 1 is 1.11 bits per heavy atom. The quantitative estimate of drug-likeness (QED) is 0.276. The maximum Gasteiger partial charge on any atom is 0.551 e. The second-order valence-corrected chi connectivity index (χ2v) is 8.15. The van der Waals surface area contributed by atoms with Crippen LogP contribution in [0.2, 0.25) is 0 Å². The van der Waals surface area contributed by atoms with E-state index in [1.54, 1.807) is 0 Å². The highest BCUT2D eigenvalue weighted by atomic mass is 16.6. The molecule has 1 aliphatic carbocycles. The first kappa shape index (κ1) is 22.5. The lowest BCUT2D eigenvalue weighted by Crippen LogP contribution is -2.68. The Kier molecular flexibility index (Phi) is 10.2. The van der Waals surface area contributed by atoms with E-state index in [4.69, 9.17) is 9.47 Å². The Morgan fingerprint density at radius 2 is 1.89 bits per heavy atom. The number of nitrogens with zero attached hydrogens (tertiary/aromatic N) is 1. The van der Waals surface area contributed by atoms with Crippen molar-refractivity contribution in [3.8, 4) is 5.75 Å². The van der Waals surface area contributed by atoms with E-state index in [0.717, 1.165) is 43.7 Å². The fourth-order valence-electron chi connectivity index (χ4n) is 3.88. The maximum absolute atomic E-state index is 10.5. The Hall–Kier alpha value is -1.75. The average Bonchev–Trinajstić information content (AvgIpc) is 2.87. The number of hydrogen-bond acceptors (Lipinski definition) is 3. The molecule has 1 aromatic carbocycles. The van der Waals surface area contributed by atoms with Gasteiger partial charge in [-0.3, -0.25) is 0 Å². The normalized spacial score (nSPS) is 20.8. The summed E-state index contributed by atoms with van der Waals surface area (Å²) in [5.74, 6) is 1.19. The first-order chi connectivity index (χ1) is 13.6. The van der Waals surface area contributed by atoms with Gasteiger partial charge >= 0.3 is 6.08 Å². The minimum absolute atomic E-state index is 0.0412. The summed E-state index contributed by atoms with van der Waals surface area (Å²) in [6.45, 7) is 3.87. The van der Waals surface area contributed by atoms with E-state index in [-0.39, 0.29) is 12.2 Å². The molecule has 1 aromatic rings. The third kappa shape index (κ3) is 8.09. The minimum atomic E-state index is -0.127. The lowest BCUT2D eigenvalue weighted by atomic mass is 9.97. The zero-order valence-corrected chi connectivity index (χ0v) is 18.0. The first-order valence-corrected chi connectivity index (χ1v) is 11.0. The summed E-state index contributed by atoms with van der Waals surface area (Å²) in [5, 5.41) is 10.5. The van der Waals surface area contributed by atoms with Crippen LogP contribution < -0.4 is 9.73 Å². The van der Waals surface area contributed by atoms with Crippen LogP contribution in [0, 0.1) is 5.92 Å². The van der Waals surface area contributed by atoms with E-state index in [2.05, 4.69) is 30.9 Å². The molecule has 1 aliphatic rings. The van der Waals surface area contributed by atoms with Gasteiger partial charge in [0.1, 0.15) is 6.10 Å². The summed E-state index contributed by atoms with van der Waals surface area (Å²) in [7, 11) is 4.19. The summed E-state index contributed by atoms with van der Waals surface area (Å²) in [6.07, 6.45) is 10.4. The average molecular weight is 392 g/mol. The second kappa shape index (κ2) is 12.7. The maximum atomic E-state index is 10.5. The van der Waals surface area contributed by atoms with Gasteiger partial charge in [0.05, 0.1) is 6.61 Å². The van der Waals surface area contributed by atoms with Gasteiger partial charge in [0.2, 0.25) is 0 Å². The Morgan fingerprint density at radius 3 is 2.68 bits per heavy atom. The minimum Gasteiger partial charge on any atom is -0.487 e. The first-order valence-electron chi connectivity index (χ1n) is 11.0. The number of unbranched alkanes of at least 4 members (excludes halogenated alkanes) is 3. The van der Waals surface area contributed by atoms with Crippen LogP contribution in [0.5, 0.6) is 5.75 Å². The van der Waals surface area contributed by atoms with E-state index < -0.39 is 0 Å². The van der Waals surface area contributed by atoms with E-state index in [0.29, 0.717) is 12.5 Å². The van der Waals surface area contributed by atoms with Gasteiger partial charge in [0.15, 0.2) is 5.75 Å². The SMILES string of the molecule is CCCCCCOc1ccccc1[NH+]=C(O)O[C@H]1CCCCC[C@@H]1CN(C)C. The molecule has 0 aliphatic heterocycles. The number of para-hydroxylation sites is 2. The lowest BCUT2D eigenvalue weighted by molar-refractivity contribution is -0.385. The predicted octanol–water partition coefficient (Wildman–Crippen LogP) is 3.80. The van der Waals surface area contributed by atoms with Crippen LogP contribution in [0.25, 0.3) is 0 Å². The fourth-order valence-corrected chi connectivity index (χ4v) is 3.88. The smallest absolute Gasteiger partial charge is 0.487 e. The number of rotatable bonds is 10. The van der Waals surface area contributed by atoms with Crippen LogP contribution in [-0.4, -0.2) is 49.4 Å². The van der Waals surface area contributed by atoms with E-state index in [1.807, 2.05) is 24.3 Å². The molecule has 28 heavy (non-hydrogen) atoms. The monoisotopic (exact) mass is 391 g/mol. The molecule has 0 radical (unpaired) electrons. The standard InChI is InChI=1S/C23H38N2O3/c1-4-5-6-12-17-27-22-16-11-10-14-20(22)24-23(26)28-21-15-9-7-8-13-19(21)18-25(2)3/h10-11,14,16,19,21H,4-9,12-13,15,17-18H2,1-3H3,(H,24,26)/p+1/t19-,21+/m1/s1. The molecule has 1 fully saturated rings. The van der Waals surface area contributed by atoms with Crippen molar-refractivity contribution in [3.05, 3.63) is 24.3 Å². The molecule has 0 heterocycles. The number of benzene rings is 1. The molecular weight excluding hydrogens is 352 g/mol. The highest BCUT2D eigenvalue weighted by molar-refractivity contribution is 5.60. The van der Waals surface area contributed by atoms with Gasteiger partial charge in [-0.15, -0.1) is 4.99 Å². The van der Waals surface area contributed by atoms with Crippen LogP contribution >= 0.6 is 0 Å². The molecule has 0 aromatic heterocycles. The van der Waals surface area contributed by atoms with Gasteiger partial charge < -0.3 is 19.5 Å². The summed E-state index contributed by atoms with van der Waals surface area (Å²) < 4.78 is 11.9. The van der Waals surface area contributed by atoms with Crippen LogP contribution in [0.15, 0.2) is 24.3 Å². The third-order valence-electron chi connectivity index (χ3n) is 5.34. The van der Waals surface area contributed by atoms with Crippen molar-refractivity contribution in [1.29, 1.82) is 0 Å². The van der Waals surface area contributed by atoms with Crippen LogP contribution in [-0.2, 0) is 4.74 Å². The molecule has 2 N–H and O–H groups in total. The molecule has 0 amide bonds. The van der Waals surface area contributed by atoms with Crippen LogP contribution in [0.4, 0.5) is 5.69 Å². The van der Waals surface area contributed by atoms with Crippen molar-refractivity contribution in [3.63, 3.8) is 0 Å². The zero-order chi connectivity index (χ0) is 20.2. The van der Waals surface area contributed by atoms with Crippen molar-refractivity contribution in [2.24, 2.45) is 5.92 Å². The van der Waals surface area contributed by atoms with E-state index in [1.165, 1.54) is 32.1 Å². The van der Waals surface area contributed by atoms with Gasteiger partial charge in [-0.25, -0.2) is 0 Å². The van der Waals surface area contributed by atoms with Crippen molar-refractivity contribution < 1.29 is 19.6 Å². The third-order valence-corrected chi connectivity index (χ3v) is 5.34. The summed E-state index contributed by atoms with van der Waals surface area (Å²) in [5.41, 5.74) is 0.744.